The number of carbonyl (C=O) groups excluding carboxylic acids is 1. The smallest absolute Gasteiger partial charge is 0.195 e. The van der Waals surface area contributed by atoms with Gasteiger partial charge in [0.05, 0.1) is 6.61 Å². The maximum Gasteiger partial charge on any atom is 0.195 e. The number of ether oxygens (including phenoxy) is 1. The van der Waals surface area contributed by atoms with E-state index in [1.165, 1.54) is 23.4 Å². The quantitative estimate of drug-likeness (QED) is 0.676. The van der Waals surface area contributed by atoms with Crippen LogP contribution in [-0.2, 0) is 12.8 Å². The fourth-order valence-electron chi connectivity index (χ4n) is 3.26. The van der Waals surface area contributed by atoms with E-state index in [9.17, 15) is 4.79 Å². The minimum Gasteiger partial charge on any atom is -0.494 e. The van der Waals surface area contributed by atoms with Crippen LogP contribution in [0.5, 0.6) is 5.75 Å². The fourth-order valence-corrected chi connectivity index (χ4v) is 4.47. The summed E-state index contributed by atoms with van der Waals surface area (Å²) >= 11 is 1.72. The molecule has 4 rings (SSSR count). The topological polar surface area (TPSA) is 43.6 Å². The van der Waals surface area contributed by atoms with E-state index in [2.05, 4.69) is 4.40 Å². The molecule has 0 fully saturated rings. The van der Waals surface area contributed by atoms with Gasteiger partial charge in [-0.05, 0) is 56.9 Å². The zero-order chi connectivity index (χ0) is 15.8. The van der Waals surface area contributed by atoms with Crippen LogP contribution in [-0.4, -0.2) is 22.3 Å². The van der Waals surface area contributed by atoms with E-state index in [1.807, 2.05) is 31.2 Å². The molecule has 1 aliphatic carbocycles. The Balaban J connectivity index is 1.83. The summed E-state index contributed by atoms with van der Waals surface area (Å²) in [6, 6.07) is 7.79. The highest BCUT2D eigenvalue weighted by atomic mass is 32.1. The molecular formula is C18H18N2O2S. The van der Waals surface area contributed by atoms with Crippen LogP contribution in [0.15, 0.2) is 24.3 Å². The van der Waals surface area contributed by atoms with Crippen molar-refractivity contribution in [3.8, 4) is 17.0 Å². The van der Waals surface area contributed by atoms with Gasteiger partial charge in [0.2, 0.25) is 0 Å². The van der Waals surface area contributed by atoms with Gasteiger partial charge in [-0.2, -0.15) is 0 Å². The molecule has 0 spiro atoms. The normalized spacial score (nSPS) is 14.0. The number of benzene rings is 1. The number of hydrogen-bond acceptors (Lipinski definition) is 4. The monoisotopic (exact) mass is 326 g/mol. The molecule has 0 amide bonds. The lowest BCUT2D eigenvalue weighted by Gasteiger charge is -2.11. The standard InChI is InChI=1S/C18H18N2O2S/c1-2-22-13-9-7-12(8-10-13)17-15(11-21)20-14-5-3-4-6-16(14)23-18(20)19-17/h7-11H,2-6H2,1H3. The molecule has 2 heterocycles. The van der Waals surface area contributed by atoms with E-state index < -0.39 is 0 Å². The first-order valence-electron chi connectivity index (χ1n) is 8.03. The van der Waals surface area contributed by atoms with Gasteiger partial charge in [-0.15, -0.1) is 11.3 Å². The van der Waals surface area contributed by atoms with Crippen molar-refractivity contribution >= 4 is 22.6 Å². The van der Waals surface area contributed by atoms with E-state index in [0.717, 1.165) is 41.1 Å². The Bertz CT molecular complexity index is 861. The average Bonchev–Trinajstić information content (AvgIpc) is 3.11. The number of aromatic nitrogens is 2. The van der Waals surface area contributed by atoms with Crippen LogP contribution < -0.4 is 4.74 Å². The summed E-state index contributed by atoms with van der Waals surface area (Å²) in [6.45, 7) is 2.61. The molecule has 0 unspecified atom stereocenters. The molecule has 2 aromatic heterocycles. The number of rotatable bonds is 4. The summed E-state index contributed by atoms with van der Waals surface area (Å²) in [5, 5.41) is 0. The Labute approximate surface area is 138 Å². The Morgan fingerprint density at radius 1 is 1.26 bits per heavy atom. The van der Waals surface area contributed by atoms with E-state index in [1.54, 1.807) is 11.3 Å². The van der Waals surface area contributed by atoms with Crippen LogP contribution in [0, 0.1) is 0 Å². The molecule has 1 aliphatic rings. The summed E-state index contributed by atoms with van der Waals surface area (Å²) in [6.07, 6.45) is 5.51. The summed E-state index contributed by atoms with van der Waals surface area (Å²) in [4.78, 5) is 18.8. The second kappa shape index (κ2) is 5.81. The van der Waals surface area contributed by atoms with Gasteiger partial charge in [-0.25, -0.2) is 4.98 Å². The maximum atomic E-state index is 11.7. The van der Waals surface area contributed by atoms with Gasteiger partial charge in [-0.3, -0.25) is 9.20 Å². The summed E-state index contributed by atoms with van der Waals surface area (Å²) in [7, 11) is 0. The van der Waals surface area contributed by atoms with Gasteiger partial charge >= 0.3 is 0 Å². The Kier molecular flexibility index (Phi) is 3.65. The molecule has 0 saturated carbocycles. The molecule has 5 heteroatoms. The zero-order valence-corrected chi connectivity index (χ0v) is 13.9. The number of fused-ring (bicyclic) bond motifs is 3. The maximum absolute atomic E-state index is 11.7. The lowest BCUT2D eigenvalue weighted by atomic mass is 10.0. The second-order valence-corrected chi connectivity index (χ2v) is 6.78. The minimum atomic E-state index is 0.644. The molecule has 1 aromatic carbocycles. The van der Waals surface area contributed by atoms with Gasteiger partial charge in [0.1, 0.15) is 17.1 Å². The summed E-state index contributed by atoms with van der Waals surface area (Å²) in [5.41, 5.74) is 3.67. The van der Waals surface area contributed by atoms with Gasteiger partial charge < -0.3 is 4.74 Å². The molecule has 0 atom stereocenters. The fraction of sp³-hybridized carbons (Fsp3) is 0.333. The minimum absolute atomic E-state index is 0.644. The molecule has 0 bridgehead atoms. The Morgan fingerprint density at radius 2 is 2.04 bits per heavy atom. The number of hydrogen-bond donors (Lipinski definition) is 0. The second-order valence-electron chi connectivity index (χ2n) is 5.72. The number of carbonyl (C=O) groups is 1. The van der Waals surface area contributed by atoms with Crippen molar-refractivity contribution < 1.29 is 9.53 Å². The predicted molar refractivity (Wildman–Crippen MR) is 91.7 cm³/mol. The van der Waals surface area contributed by atoms with E-state index in [-0.39, 0.29) is 0 Å². The molecule has 118 valence electrons. The van der Waals surface area contributed by atoms with Crippen molar-refractivity contribution in [2.75, 3.05) is 6.61 Å². The van der Waals surface area contributed by atoms with Crippen LogP contribution in [0.3, 0.4) is 0 Å². The van der Waals surface area contributed by atoms with Crippen molar-refractivity contribution in [3.63, 3.8) is 0 Å². The molecule has 0 aliphatic heterocycles. The first-order valence-corrected chi connectivity index (χ1v) is 8.85. The SMILES string of the molecule is CCOc1ccc(-c2nc3sc4c(n3c2C=O)CCCC4)cc1. The van der Waals surface area contributed by atoms with Gasteiger partial charge in [0.15, 0.2) is 11.2 Å². The van der Waals surface area contributed by atoms with Crippen LogP contribution in [0.2, 0.25) is 0 Å². The van der Waals surface area contributed by atoms with Crippen molar-refractivity contribution in [2.24, 2.45) is 0 Å². The summed E-state index contributed by atoms with van der Waals surface area (Å²) < 4.78 is 7.55. The van der Waals surface area contributed by atoms with Gasteiger partial charge in [0, 0.05) is 16.1 Å². The highest BCUT2D eigenvalue weighted by Gasteiger charge is 2.22. The first kappa shape index (κ1) is 14.5. The molecule has 23 heavy (non-hydrogen) atoms. The van der Waals surface area contributed by atoms with E-state index in [4.69, 9.17) is 9.72 Å². The largest absolute Gasteiger partial charge is 0.494 e. The first-order chi connectivity index (χ1) is 11.3. The van der Waals surface area contributed by atoms with Crippen LogP contribution in [0.4, 0.5) is 0 Å². The van der Waals surface area contributed by atoms with Crippen LogP contribution in [0.1, 0.15) is 40.8 Å². The number of aryl methyl sites for hydroxylation is 2. The Hall–Kier alpha value is -2.14. The third-order valence-electron chi connectivity index (χ3n) is 4.31. The highest BCUT2D eigenvalue weighted by Crippen LogP contribution is 2.34. The molecule has 3 aromatic rings. The average molecular weight is 326 g/mol. The molecule has 4 nitrogen and oxygen atoms in total. The van der Waals surface area contributed by atoms with Crippen molar-refractivity contribution in [3.05, 3.63) is 40.5 Å². The van der Waals surface area contributed by atoms with Crippen LogP contribution in [0.25, 0.3) is 16.2 Å². The van der Waals surface area contributed by atoms with E-state index >= 15 is 0 Å². The lowest BCUT2D eigenvalue weighted by molar-refractivity contribution is 0.111. The highest BCUT2D eigenvalue weighted by molar-refractivity contribution is 7.17. The lowest BCUT2D eigenvalue weighted by Crippen LogP contribution is -2.04. The molecule has 0 saturated heterocycles. The van der Waals surface area contributed by atoms with Crippen molar-refractivity contribution in [1.29, 1.82) is 0 Å². The van der Waals surface area contributed by atoms with Crippen molar-refractivity contribution in [2.45, 2.75) is 32.6 Å². The molecule has 0 radical (unpaired) electrons. The third kappa shape index (κ3) is 2.36. The zero-order valence-electron chi connectivity index (χ0n) is 13.0. The third-order valence-corrected chi connectivity index (χ3v) is 5.45. The van der Waals surface area contributed by atoms with Gasteiger partial charge in [-0.1, -0.05) is 0 Å². The number of thiazole rings is 1. The summed E-state index contributed by atoms with van der Waals surface area (Å²) in [5.74, 6) is 0.835. The van der Waals surface area contributed by atoms with Gasteiger partial charge in [0.25, 0.3) is 0 Å². The number of imidazole rings is 1. The predicted octanol–water partition coefficient (Wildman–Crippen LogP) is 4.15. The van der Waals surface area contributed by atoms with E-state index in [0.29, 0.717) is 12.3 Å². The molecule has 0 N–H and O–H groups in total. The number of nitrogens with zero attached hydrogens (tertiary/aromatic N) is 2. The molecular weight excluding hydrogens is 308 g/mol. The number of aldehydes is 1. The Morgan fingerprint density at radius 3 is 2.78 bits per heavy atom. The van der Waals surface area contributed by atoms with Crippen LogP contribution >= 0.6 is 11.3 Å². The van der Waals surface area contributed by atoms with Crippen molar-refractivity contribution in [1.82, 2.24) is 9.38 Å².